The van der Waals surface area contributed by atoms with Crippen molar-refractivity contribution in [2.75, 3.05) is 7.11 Å². The van der Waals surface area contributed by atoms with Crippen LogP contribution in [0.1, 0.15) is 31.7 Å². The highest BCUT2D eigenvalue weighted by Gasteiger charge is 2.22. The molecule has 2 aromatic rings. The minimum Gasteiger partial charge on any atom is -0.497 e. The Morgan fingerprint density at radius 1 is 1.24 bits per heavy atom. The third kappa shape index (κ3) is 4.33. The van der Waals surface area contributed by atoms with Crippen molar-refractivity contribution in [2.45, 2.75) is 45.2 Å². The molecule has 114 valence electrons. The van der Waals surface area contributed by atoms with E-state index in [4.69, 9.17) is 10.5 Å². The van der Waals surface area contributed by atoms with Gasteiger partial charge in [0.2, 0.25) is 0 Å². The second-order valence-corrected chi connectivity index (χ2v) is 5.89. The number of hydrogen-bond acceptors (Lipinski definition) is 3. The molecule has 0 amide bonds. The van der Waals surface area contributed by atoms with E-state index in [0.29, 0.717) is 0 Å². The zero-order valence-corrected chi connectivity index (χ0v) is 13.2. The first kappa shape index (κ1) is 15.6. The molecule has 0 radical (unpaired) electrons. The average molecular weight is 287 g/mol. The molecule has 1 unspecified atom stereocenters. The summed E-state index contributed by atoms with van der Waals surface area (Å²) in [6, 6.07) is 8.10. The van der Waals surface area contributed by atoms with Crippen LogP contribution in [0.15, 0.2) is 36.7 Å². The molecule has 0 bridgehead atoms. The Kier molecular flexibility index (Phi) is 5.02. The molecule has 1 atom stereocenters. The maximum atomic E-state index is 6.49. The van der Waals surface area contributed by atoms with Gasteiger partial charge in [-0.15, -0.1) is 0 Å². The highest BCUT2D eigenvalue weighted by Crippen LogP contribution is 2.18. The molecule has 0 aliphatic carbocycles. The van der Waals surface area contributed by atoms with E-state index >= 15 is 0 Å². The number of ether oxygens (including phenoxy) is 1. The fourth-order valence-electron chi connectivity index (χ4n) is 2.59. The van der Waals surface area contributed by atoms with Crippen molar-refractivity contribution in [1.29, 1.82) is 0 Å². The number of imidazole rings is 1. The second-order valence-electron chi connectivity index (χ2n) is 5.89. The van der Waals surface area contributed by atoms with Crippen LogP contribution in [0, 0.1) is 0 Å². The number of hydrogen-bond donors (Lipinski definition) is 1. The minimum absolute atomic E-state index is 0.314. The van der Waals surface area contributed by atoms with Crippen LogP contribution in [-0.2, 0) is 19.4 Å². The van der Waals surface area contributed by atoms with Gasteiger partial charge in [-0.25, -0.2) is 4.98 Å². The fraction of sp³-hybridized carbons (Fsp3) is 0.471. The van der Waals surface area contributed by atoms with Crippen molar-refractivity contribution in [2.24, 2.45) is 5.73 Å². The zero-order chi connectivity index (χ0) is 15.3. The number of nitrogens with zero attached hydrogens (tertiary/aromatic N) is 2. The van der Waals surface area contributed by atoms with Crippen LogP contribution in [0.3, 0.4) is 0 Å². The molecule has 1 aromatic heterocycles. The van der Waals surface area contributed by atoms with Crippen LogP contribution in [0.4, 0.5) is 0 Å². The molecule has 4 heteroatoms. The minimum atomic E-state index is -0.314. The van der Waals surface area contributed by atoms with Gasteiger partial charge in [-0.1, -0.05) is 19.1 Å². The van der Waals surface area contributed by atoms with Gasteiger partial charge in [0.25, 0.3) is 0 Å². The number of methoxy groups -OCH3 is 1. The van der Waals surface area contributed by atoms with E-state index < -0.39 is 0 Å². The maximum Gasteiger partial charge on any atom is 0.118 e. The van der Waals surface area contributed by atoms with E-state index in [2.05, 4.69) is 35.5 Å². The molecule has 0 saturated heterocycles. The average Bonchev–Trinajstić information content (AvgIpc) is 2.86. The lowest BCUT2D eigenvalue weighted by Crippen LogP contribution is -2.41. The fourth-order valence-corrected chi connectivity index (χ4v) is 2.59. The molecule has 1 aromatic carbocycles. The van der Waals surface area contributed by atoms with Crippen molar-refractivity contribution >= 4 is 0 Å². The Labute approximate surface area is 127 Å². The van der Waals surface area contributed by atoms with Crippen molar-refractivity contribution in [3.63, 3.8) is 0 Å². The summed E-state index contributed by atoms with van der Waals surface area (Å²) < 4.78 is 7.38. The molecule has 0 aliphatic heterocycles. The Hall–Kier alpha value is -1.81. The van der Waals surface area contributed by atoms with Gasteiger partial charge in [0.1, 0.15) is 11.6 Å². The molecule has 4 nitrogen and oxygen atoms in total. The molecule has 0 aliphatic rings. The van der Waals surface area contributed by atoms with Gasteiger partial charge in [0.15, 0.2) is 0 Å². The van der Waals surface area contributed by atoms with Crippen molar-refractivity contribution in [3.8, 4) is 5.75 Å². The first-order valence-corrected chi connectivity index (χ1v) is 7.46. The van der Waals surface area contributed by atoms with Crippen LogP contribution in [-0.4, -0.2) is 22.2 Å². The standard InChI is InChI=1S/C17H25N3O/c1-4-10-20-11-9-19-16(20)13-17(2,18)12-14-5-7-15(21-3)8-6-14/h5-9,11H,4,10,12-13,18H2,1-3H3. The van der Waals surface area contributed by atoms with Crippen LogP contribution in [0.25, 0.3) is 0 Å². The second kappa shape index (κ2) is 6.76. The highest BCUT2D eigenvalue weighted by molar-refractivity contribution is 5.28. The van der Waals surface area contributed by atoms with Gasteiger partial charge in [0.05, 0.1) is 7.11 Å². The molecule has 2 N–H and O–H groups in total. The van der Waals surface area contributed by atoms with Crippen LogP contribution >= 0.6 is 0 Å². The monoisotopic (exact) mass is 287 g/mol. The van der Waals surface area contributed by atoms with E-state index in [0.717, 1.165) is 37.4 Å². The summed E-state index contributed by atoms with van der Waals surface area (Å²) in [5.74, 6) is 1.94. The SMILES string of the molecule is CCCn1ccnc1CC(C)(N)Cc1ccc(OC)cc1. The normalized spacial score (nSPS) is 13.9. The van der Waals surface area contributed by atoms with Crippen LogP contribution in [0.5, 0.6) is 5.75 Å². The van der Waals surface area contributed by atoms with Gasteiger partial charge >= 0.3 is 0 Å². The van der Waals surface area contributed by atoms with Crippen molar-refractivity contribution < 1.29 is 4.74 Å². The van der Waals surface area contributed by atoms with Gasteiger partial charge in [-0.05, 0) is 37.5 Å². The zero-order valence-electron chi connectivity index (χ0n) is 13.2. The summed E-state index contributed by atoms with van der Waals surface area (Å²) in [5, 5.41) is 0. The predicted molar refractivity (Wildman–Crippen MR) is 85.5 cm³/mol. The lowest BCUT2D eigenvalue weighted by molar-refractivity contribution is 0.413. The smallest absolute Gasteiger partial charge is 0.118 e. The molecule has 0 fully saturated rings. The van der Waals surface area contributed by atoms with Gasteiger partial charge in [-0.3, -0.25) is 0 Å². The van der Waals surface area contributed by atoms with E-state index in [-0.39, 0.29) is 5.54 Å². The Morgan fingerprint density at radius 3 is 2.57 bits per heavy atom. The first-order chi connectivity index (χ1) is 10.0. The van der Waals surface area contributed by atoms with Gasteiger partial charge < -0.3 is 15.0 Å². The van der Waals surface area contributed by atoms with E-state index in [1.807, 2.05) is 24.5 Å². The summed E-state index contributed by atoms with van der Waals surface area (Å²) in [6.45, 7) is 5.25. The van der Waals surface area contributed by atoms with E-state index in [1.165, 1.54) is 5.56 Å². The number of nitrogens with two attached hydrogens (primary N) is 1. The van der Waals surface area contributed by atoms with Gasteiger partial charge in [0, 0.05) is 30.9 Å². The first-order valence-electron chi connectivity index (χ1n) is 7.46. The quantitative estimate of drug-likeness (QED) is 0.852. The molecule has 1 heterocycles. The summed E-state index contributed by atoms with van der Waals surface area (Å²) in [7, 11) is 1.68. The number of rotatable bonds is 7. The van der Waals surface area contributed by atoms with Gasteiger partial charge in [-0.2, -0.15) is 0 Å². The predicted octanol–water partition coefficient (Wildman–Crippen LogP) is 2.80. The highest BCUT2D eigenvalue weighted by atomic mass is 16.5. The Morgan fingerprint density at radius 2 is 1.95 bits per heavy atom. The topological polar surface area (TPSA) is 53.1 Å². The third-order valence-corrected chi connectivity index (χ3v) is 3.60. The maximum absolute atomic E-state index is 6.49. The molecule has 21 heavy (non-hydrogen) atoms. The molecular weight excluding hydrogens is 262 g/mol. The summed E-state index contributed by atoms with van der Waals surface area (Å²) >= 11 is 0. The largest absolute Gasteiger partial charge is 0.497 e. The van der Waals surface area contributed by atoms with Crippen molar-refractivity contribution in [3.05, 3.63) is 48.0 Å². The number of aryl methyl sites for hydroxylation is 1. The Bertz CT molecular complexity index is 558. The lowest BCUT2D eigenvalue weighted by atomic mass is 9.90. The lowest BCUT2D eigenvalue weighted by Gasteiger charge is -2.25. The third-order valence-electron chi connectivity index (χ3n) is 3.60. The molecule has 0 spiro atoms. The van der Waals surface area contributed by atoms with Crippen molar-refractivity contribution in [1.82, 2.24) is 9.55 Å². The number of benzene rings is 1. The van der Waals surface area contributed by atoms with E-state index in [9.17, 15) is 0 Å². The Balaban J connectivity index is 2.04. The van der Waals surface area contributed by atoms with Crippen LogP contribution < -0.4 is 10.5 Å². The summed E-state index contributed by atoms with van der Waals surface area (Å²) in [5.41, 5.74) is 7.39. The summed E-state index contributed by atoms with van der Waals surface area (Å²) in [4.78, 5) is 4.45. The number of aromatic nitrogens is 2. The van der Waals surface area contributed by atoms with Crippen LogP contribution in [0.2, 0.25) is 0 Å². The molecule has 2 rings (SSSR count). The molecule has 0 saturated carbocycles. The van der Waals surface area contributed by atoms with E-state index in [1.54, 1.807) is 7.11 Å². The molecular formula is C17H25N3O. The summed E-state index contributed by atoms with van der Waals surface area (Å²) in [6.07, 6.45) is 6.57.